The van der Waals surface area contributed by atoms with Gasteiger partial charge in [-0.15, -0.1) is 0 Å². The highest BCUT2D eigenvalue weighted by Gasteiger charge is 2.81. The summed E-state index contributed by atoms with van der Waals surface area (Å²) in [6.45, 7) is 4.64. The number of carbonyl (C=O) groups excluding carboxylic acids is 3. The first kappa shape index (κ1) is 21.5. The number of amides is 2. The molecular formula is C30H27N3O3. The molecule has 2 N–H and O–H groups in total. The van der Waals surface area contributed by atoms with Gasteiger partial charge in [-0.05, 0) is 50.9 Å². The molecule has 2 fully saturated rings. The molecule has 180 valence electrons. The summed E-state index contributed by atoms with van der Waals surface area (Å²) < 4.78 is 0. The minimum Gasteiger partial charge on any atom is -0.325 e. The van der Waals surface area contributed by atoms with Crippen molar-refractivity contribution in [3.8, 4) is 0 Å². The second kappa shape index (κ2) is 7.14. The van der Waals surface area contributed by atoms with E-state index in [9.17, 15) is 14.4 Å². The van der Waals surface area contributed by atoms with Gasteiger partial charge in [0.05, 0.1) is 5.92 Å². The van der Waals surface area contributed by atoms with Crippen LogP contribution in [0.5, 0.6) is 0 Å². The van der Waals surface area contributed by atoms with Crippen molar-refractivity contribution >= 4 is 29.0 Å². The van der Waals surface area contributed by atoms with Crippen molar-refractivity contribution < 1.29 is 14.4 Å². The van der Waals surface area contributed by atoms with Crippen molar-refractivity contribution in [3.63, 3.8) is 0 Å². The molecule has 2 amide bonds. The Hall–Kier alpha value is -3.77. The van der Waals surface area contributed by atoms with Gasteiger partial charge in [0.25, 0.3) is 5.91 Å². The van der Waals surface area contributed by atoms with Crippen LogP contribution in [0, 0.1) is 19.8 Å². The number of aryl methyl sites for hydroxylation is 2. The third-order valence-electron chi connectivity index (χ3n) is 8.87. The number of rotatable bonds is 2. The molecule has 4 heterocycles. The quantitative estimate of drug-likeness (QED) is 0.539. The first-order valence-electron chi connectivity index (χ1n) is 12.6. The molecule has 2 spiro atoms. The van der Waals surface area contributed by atoms with E-state index in [1.54, 1.807) is 0 Å². The van der Waals surface area contributed by atoms with Crippen LogP contribution < -0.4 is 10.6 Å². The Balaban J connectivity index is 1.59. The normalized spacial score (nSPS) is 29.8. The van der Waals surface area contributed by atoms with Gasteiger partial charge in [-0.2, -0.15) is 0 Å². The molecule has 0 aliphatic carbocycles. The molecule has 7 rings (SSSR count). The van der Waals surface area contributed by atoms with Crippen molar-refractivity contribution in [2.24, 2.45) is 5.92 Å². The SMILES string of the molecule is Cc1ccc(C(=O)[C@@H]2[C@H]3CCCN3[C@]3(C(=O)Nc4ccc(C)cc43)[C@@]23C(=O)Nc2ccccc23)cc1. The van der Waals surface area contributed by atoms with Gasteiger partial charge in [0.2, 0.25) is 5.91 Å². The van der Waals surface area contributed by atoms with Crippen molar-refractivity contribution in [3.05, 3.63) is 94.5 Å². The number of Topliss-reactive ketones (excluding diaryl/α,β-unsaturated/α-hetero) is 1. The molecule has 3 aromatic carbocycles. The summed E-state index contributed by atoms with van der Waals surface area (Å²) in [5, 5.41) is 6.19. The van der Waals surface area contributed by atoms with E-state index < -0.39 is 16.9 Å². The maximum absolute atomic E-state index is 14.5. The van der Waals surface area contributed by atoms with Crippen molar-refractivity contribution in [2.45, 2.75) is 43.7 Å². The van der Waals surface area contributed by atoms with E-state index in [1.807, 2.05) is 80.6 Å². The highest BCUT2D eigenvalue weighted by atomic mass is 16.2. The molecular weight excluding hydrogens is 450 g/mol. The van der Waals surface area contributed by atoms with Gasteiger partial charge in [0.1, 0.15) is 11.0 Å². The Labute approximate surface area is 209 Å². The molecule has 4 aliphatic rings. The predicted molar refractivity (Wildman–Crippen MR) is 137 cm³/mol. The molecule has 6 nitrogen and oxygen atoms in total. The average Bonchev–Trinajstić information content (AvgIpc) is 3.58. The number of ketones is 1. The van der Waals surface area contributed by atoms with Crippen molar-refractivity contribution in [2.75, 3.05) is 17.2 Å². The number of fused-ring (bicyclic) bond motifs is 7. The Morgan fingerprint density at radius 3 is 2.36 bits per heavy atom. The molecule has 4 atom stereocenters. The number of nitrogens with zero attached hydrogens (tertiary/aromatic N) is 1. The van der Waals surface area contributed by atoms with Crippen LogP contribution >= 0.6 is 0 Å². The van der Waals surface area contributed by atoms with E-state index >= 15 is 0 Å². The Bertz CT molecular complexity index is 1480. The molecule has 0 bridgehead atoms. The standard InChI is InChI=1S/C30H27N3O3/c1-17-9-12-19(13-10-17)26(34)25-24-8-5-15-33(24)30(21-16-18(2)11-14-23(21)32-28(30)36)29(25)20-6-3-4-7-22(20)31-27(29)35/h3-4,6-7,9-14,16,24-25H,5,8,15H2,1-2H3,(H,31,35)(H,32,36)/t24-,25+,29-,30-/m1/s1. The molecule has 6 heteroatoms. The molecule has 3 aromatic rings. The van der Waals surface area contributed by atoms with E-state index in [0.29, 0.717) is 17.8 Å². The van der Waals surface area contributed by atoms with Gasteiger partial charge >= 0.3 is 0 Å². The lowest BCUT2D eigenvalue weighted by atomic mass is 9.57. The molecule has 36 heavy (non-hydrogen) atoms. The van der Waals surface area contributed by atoms with Crippen LogP contribution in [0.1, 0.15) is 45.5 Å². The number of hydrogen-bond acceptors (Lipinski definition) is 4. The fourth-order valence-electron chi connectivity index (χ4n) is 7.59. The zero-order valence-corrected chi connectivity index (χ0v) is 20.3. The molecule has 0 radical (unpaired) electrons. The highest BCUT2D eigenvalue weighted by Crippen LogP contribution is 2.67. The lowest BCUT2D eigenvalue weighted by molar-refractivity contribution is -0.137. The van der Waals surface area contributed by atoms with Crippen LogP contribution in [0.2, 0.25) is 0 Å². The summed E-state index contributed by atoms with van der Waals surface area (Å²) >= 11 is 0. The zero-order valence-electron chi connectivity index (χ0n) is 20.3. The second-order valence-electron chi connectivity index (χ2n) is 10.6. The Morgan fingerprint density at radius 1 is 0.861 bits per heavy atom. The lowest BCUT2D eigenvalue weighted by Gasteiger charge is -2.43. The summed E-state index contributed by atoms with van der Waals surface area (Å²) in [5.41, 5.74) is 2.89. The first-order chi connectivity index (χ1) is 17.4. The smallest absolute Gasteiger partial charge is 0.251 e. The van der Waals surface area contributed by atoms with Gasteiger partial charge in [-0.3, -0.25) is 19.3 Å². The third-order valence-corrected chi connectivity index (χ3v) is 8.87. The van der Waals surface area contributed by atoms with Crippen molar-refractivity contribution in [1.82, 2.24) is 4.90 Å². The number of benzene rings is 3. The molecule has 0 aromatic heterocycles. The molecule has 2 saturated heterocycles. The molecule has 0 saturated carbocycles. The van der Waals surface area contributed by atoms with Crippen LogP contribution in [0.4, 0.5) is 11.4 Å². The van der Waals surface area contributed by atoms with E-state index in [1.165, 1.54) is 0 Å². The van der Waals surface area contributed by atoms with Gasteiger partial charge in [0, 0.05) is 28.5 Å². The number of carbonyl (C=O) groups is 3. The highest BCUT2D eigenvalue weighted by molar-refractivity contribution is 6.21. The Morgan fingerprint density at radius 2 is 1.56 bits per heavy atom. The number of anilines is 2. The topological polar surface area (TPSA) is 78.5 Å². The number of nitrogens with one attached hydrogen (secondary N) is 2. The molecule has 4 aliphatic heterocycles. The van der Waals surface area contributed by atoms with Gasteiger partial charge < -0.3 is 10.6 Å². The third kappa shape index (κ3) is 2.33. The maximum atomic E-state index is 14.5. The fourth-order valence-corrected chi connectivity index (χ4v) is 7.59. The minimum absolute atomic E-state index is 0.0791. The lowest BCUT2D eigenvalue weighted by Crippen LogP contribution is -2.62. The van der Waals surface area contributed by atoms with Crippen LogP contribution in [0.3, 0.4) is 0 Å². The summed E-state index contributed by atoms with van der Waals surface area (Å²) in [6, 6.07) is 20.8. The van der Waals surface area contributed by atoms with Crippen molar-refractivity contribution in [1.29, 1.82) is 0 Å². The Kier molecular flexibility index (Phi) is 4.26. The van der Waals surface area contributed by atoms with Crippen LogP contribution in [0.15, 0.2) is 66.7 Å². The van der Waals surface area contributed by atoms with Gasteiger partial charge in [-0.1, -0.05) is 65.7 Å². The monoisotopic (exact) mass is 477 g/mol. The van der Waals surface area contributed by atoms with E-state index in [-0.39, 0.29) is 23.6 Å². The summed E-state index contributed by atoms with van der Waals surface area (Å²) in [6.07, 6.45) is 1.63. The molecule has 0 unspecified atom stereocenters. The van der Waals surface area contributed by atoms with E-state index in [2.05, 4.69) is 15.5 Å². The summed E-state index contributed by atoms with van der Waals surface area (Å²) in [7, 11) is 0. The number of hydrogen-bond donors (Lipinski definition) is 2. The van der Waals surface area contributed by atoms with Gasteiger partial charge in [0.15, 0.2) is 5.78 Å². The minimum atomic E-state index is -1.39. The first-order valence-corrected chi connectivity index (χ1v) is 12.6. The predicted octanol–water partition coefficient (Wildman–Crippen LogP) is 4.32. The van der Waals surface area contributed by atoms with E-state index in [4.69, 9.17) is 0 Å². The van der Waals surface area contributed by atoms with Crippen LogP contribution in [0.25, 0.3) is 0 Å². The summed E-state index contributed by atoms with van der Waals surface area (Å²) in [4.78, 5) is 45.4. The van der Waals surface area contributed by atoms with Gasteiger partial charge in [-0.25, -0.2) is 0 Å². The second-order valence-corrected chi connectivity index (χ2v) is 10.6. The zero-order chi connectivity index (χ0) is 24.8. The van der Waals surface area contributed by atoms with Crippen LogP contribution in [-0.4, -0.2) is 35.1 Å². The maximum Gasteiger partial charge on any atom is 0.251 e. The average molecular weight is 478 g/mol. The largest absolute Gasteiger partial charge is 0.325 e. The fraction of sp³-hybridized carbons (Fsp3) is 0.300. The van der Waals surface area contributed by atoms with E-state index in [0.717, 1.165) is 40.8 Å². The summed E-state index contributed by atoms with van der Waals surface area (Å²) in [5.74, 6) is -1.28. The number of para-hydroxylation sites is 1. The van der Waals surface area contributed by atoms with Crippen LogP contribution in [-0.2, 0) is 20.5 Å².